The fourth-order valence-electron chi connectivity index (χ4n) is 2.19. The molecule has 1 aromatic carbocycles. The normalized spacial score (nSPS) is 15.5. The summed E-state index contributed by atoms with van der Waals surface area (Å²) in [6.07, 6.45) is 2.04. The van der Waals surface area contributed by atoms with E-state index >= 15 is 0 Å². The summed E-state index contributed by atoms with van der Waals surface area (Å²) in [5.41, 5.74) is 2.06. The highest BCUT2D eigenvalue weighted by Crippen LogP contribution is 2.29. The van der Waals surface area contributed by atoms with Crippen molar-refractivity contribution in [3.05, 3.63) is 46.7 Å². The second-order valence-corrected chi connectivity index (χ2v) is 5.39. The summed E-state index contributed by atoms with van der Waals surface area (Å²) in [5, 5.41) is 3.46. The molecular weight excluding hydrogens is 258 g/mol. The highest BCUT2D eigenvalue weighted by Gasteiger charge is 2.23. The van der Waals surface area contributed by atoms with E-state index in [4.69, 9.17) is 4.84 Å². The van der Waals surface area contributed by atoms with Crippen molar-refractivity contribution in [1.29, 1.82) is 0 Å². The van der Waals surface area contributed by atoms with Gasteiger partial charge in [0.1, 0.15) is 4.88 Å². The third kappa shape index (κ3) is 2.55. The maximum Gasteiger partial charge on any atom is 0.288 e. The molecule has 3 nitrogen and oxygen atoms in total. The van der Waals surface area contributed by atoms with E-state index in [9.17, 15) is 4.79 Å². The van der Waals surface area contributed by atoms with E-state index in [1.807, 2.05) is 41.8 Å². The molecule has 1 amide bonds. The zero-order chi connectivity index (χ0) is 13.1. The van der Waals surface area contributed by atoms with E-state index in [1.165, 1.54) is 16.4 Å². The van der Waals surface area contributed by atoms with Crippen LogP contribution in [0.15, 0.2) is 41.8 Å². The Kier molecular flexibility index (Phi) is 3.62. The van der Waals surface area contributed by atoms with Gasteiger partial charge in [-0.05, 0) is 29.9 Å². The van der Waals surface area contributed by atoms with Crippen LogP contribution in [0.1, 0.15) is 22.5 Å². The van der Waals surface area contributed by atoms with Crippen molar-refractivity contribution in [1.82, 2.24) is 5.06 Å². The van der Waals surface area contributed by atoms with Crippen LogP contribution >= 0.6 is 11.3 Å². The number of nitrogens with zero attached hydrogens (tertiary/aromatic N) is 1. The summed E-state index contributed by atoms with van der Waals surface area (Å²) in [5.74, 6) is -0.0199. The van der Waals surface area contributed by atoms with Gasteiger partial charge in [-0.2, -0.15) is 0 Å². The van der Waals surface area contributed by atoms with Crippen molar-refractivity contribution >= 4 is 17.2 Å². The maximum absolute atomic E-state index is 12.5. The Morgan fingerprint density at radius 3 is 2.74 bits per heavy atom. The van der Waals surface area contributed by atoms with Gasteiger partial charge in [0.2, 0.25) is 0 Å². The molecule has 1 saturated heterocycles. The van der Waals surface area contributed by atoms with Crippen molar-refractivity contribution < 1.29 is 9.63 Å². The van der Waals surface area contributed by atoms with Crippen molar-refractivity contribution in [3.8, 4) is 11.1 Å². The molecule has 0 unspecified atom stereocenters. The van der Waals surface area contributed by atoms with Crippen LogP contribution < -0.4 is 0 Å². The van der Waals surface area contributed by atoms with Gasteiger partial charge in [-0.1, -0.05) is 30.3 Å². The number of hydrogen-bond acceptors (Lipinski definition) is 3. The SMILES string of the molecule is O=C(c1sccc1-c1ccccc1)N1CCCCO1. The molecule has 0 N–H and O–H groups in total. The van der Waals surface area contributed by atoms with E-state index < -0.39 is 0 Å². The summed E-state index contributed by atoms with van der Waals surface area (Å²) in [6, 6.07) is 12.0. The van der Waals surface area contributed by atoms with Gasteiger partial charge in [-0.25, -0.2) is 5.06 Å². The van der Waals surface area contributed by atoms with Crippen LogP contribution in [-0.2, 0) is 4.84 Å². The topological polar surface area (TPSA) is 29.5 Å². The molecule has 0 aliphatic carbocycles. The fourth-order valence-corrected chi connectivity index (χ4v) is 3.05. The quantitative estimate of drug-likeness (QED) is 0.837. The fraction of sp³-hybridized carbons (Fsp3) is 0.267. The molecule has 2 aromatic rings. The number of carbonyl (C=O) groups is 1. The van der Waals surface area contributed by atoms with Gasteiger partial charge in [0.25, 0.3) is 5.91 Å². The van der Waals surface area contributed by atoms with Gasteiger partial charge in [0.05, 0.1) is 6.61 Å². The molecule has 4 heteroatoms. The molecule has 1 aromatic heterocycles. The van der Waals surface area contributed by atoms with E-state index in [2.05, 4.69) is 0 Å². The van der Waals surface area contributed by atoms with Gasteiger partial charge in [-0.15, -0.1) is 11.3 Å². The largest absolute Gasteiger partial charge is 0.288 e. The summed E-state index contributed by atoms with van der Waals surface area (Å²) in [6.45, 7) is 1.32. The van der Waals surface area contributed by atoms with Crippen molar-refractivity contribution in [3.63, 3.8) is 0 Å². The van der Waals surface area contributed by atoms with E-state index in [0.717, 1.165) is 28.8 Å². The molecule has 19 heavy (non-hydrogen) atoms. The van der Waals surface area contributed by atoms with E-state index in [0.29, 0.717) is 13.2 Å². The standard InChI is InChI=1S/C15H15NO2S/c17-15(16-9-4-5-10-18-16)14-13(8-11-19-14)12-6-2-1-3-7-12/h1-3,6-8,11H,4-5,9-10H2. The molecule has 3 rings (SSSR count). The number of rotatable bonds is 2. The van der Waals surface area contributed by atoms with Crippen molar-refractivity contribution in [2.45, 2.75) is 12.8 Å². The number of benzene rings is 1. The Balaban J connectivity index is 1.89. The summed E-state index contributed by atoms with van der Waals surface area (Å²) in [4.78, 5) is 18.7. The van der Waals surface area contributed by atoms with E-state index in [1.54, 1.807) is 0 Å². The first kappa shape index (κ1) is 12.4. The number of thiophene rings is 1. The lowest BCUT2D eigenvalue weighted by molar-refractivity contribution is -0.143. The van der Waals surface area contributed by atoms with Gasteiger partial charge < -0.3 is 0 Å². The Morgan fingerprint density at radius 2 is 2.00 bits per heavy atom. The second-order valence-electron chi connectivity index (χ2n) is 4.48. The molecule has 1 fully saturated rings. The summed E-state index contributed by atoms with van der Waals surface area (Å²) in [7, 11) is 0. The van der Waals surface area contributed by atoms with Crippen molar-refractivity contribution in [2.75, 3.05) is 13.2 Å². The van der Waals surface area contributed by atoms with Gasteiger partial charge in [-0.3, -0.25) is 9.63 Å². The van der Waals surface area contributed by atoms with Crippen LogP contribution in [0.25, 0.3) is 11.1 Å². The third-order valence-corrected chi connectivity index (χ3v) is 4.08. The van der Waals surface area contributed by atoms with Crippen LogP contribution in [0.4, 0.5) is 0 Å². The van der Waals surface area contributed by atoms with Crippen molar-refractivity contribution in [2.24, 2.45) is 0 Å². The number of hydroxylamine groups is 2. The van der Waals surface area contributed by atoms with Gasteiger partial charge >= 0.3 is 0 Å². The highest BCUT2D eigenvalue weighted by atomic mass is 32.1. The molecule has 0 atom stereocenters. The van der Waals surface area contributed by atoms with E-state index in [-0.39, 0.29) is 5.91 Å². The predicted octanol–water partition coefficient (Wildman–Crippen LogP) is 3.58. The van der Waals surface area contributed by atoms with Crippen LogP contribution in [0.3, 0.4) is 0 Å². The Hall–Kier alpha value is -1.65. The monoisotopic (exact) mass is 273 g/mol. The van der Waals surface area contributed by atoms with Crippen LogP contribution in [0, 0.1) is 0 Å². The third-order valence-electron chi connectivity index (χ3n) is 3.17. The average Bonchev–Trinajstić information content (AvgIpc) is 2.98. The first-order valence-corrected chi connectivity index (χ1v) is 7.32. The molecule has 98 valence electrons. The molecular formula is C15H15NO2S. The lowest BCUT2D eigenvalue weighted by Crippen LogP contribution is -2.35. The van der Waals surface area contributed by atoms with Gasteiger partial charge in [0.15, 0.2) is 0 Å². The molecule has 0 bridgehead atoms. The Morgan fingerprint density at radius 1 is 1.16 bits per heavy atom. The van der Waals surface area contributed by atoms with Crippen LogP contribution in [-0.4, -0.2) is 24.1 Å². The zero-order valence-corrected chi connectivity index (χ0v) is 11.4. The molecule has 0 radical (unpaired) electrons. The smallest absolute Gasteiger partial charge is 0.271 e. The Bertz CT molecular complexity index is 559. The minimum atomic E-state index is -0.0199. The van der Waals surface area contributed by atoms with Crippen LogP contribution in [0.2, 0.25) is 0 Å². The van der Waals surface area contributed by atoms with Gasteiger partial charge in [0, 0.05) is 12.1 Å². The highest BCUT2D eigenvalue weighted by molar-refractivity contribution is 7.12. The first-order chi connectivity index (χ1) is 9.36. The minimum absolute atomic E-state index is 0.0199. The average molecular weight is 273 g/mol. The lowest BCUT2D eigenvalue weighted by Gasteiger charge is -2.25. The van der Waals surface area contributed by atoms with Crippen LogP contribution in [0.5, 0.6) is 0 Å². The first-order valence-electron chi connectivity index (χ1n) is 6.44. The molecule has 1 aliphatic heterocycles. The number of amides is 1. The summed E-state index contributed by atoms with van der Waals surface area (Å²) < 4.78 is 0. The predicted molar refractivity (Wildman–Crippen MR) is 76.0 cm³/mol. The maximum atomic E-state index is 12.5. The number of carbonyl (C=O) groups excluding carboxylic acids is 1. The lowest BCUT2D eigenvalue weighted by atomic mass is 10.1. The molecule has 1 aliphatic rings. The minimum Gasteiger partial charge on any atom is -0.271 e. The summed E-state index contributed by atoms with van der Waals surface area (Å²) >= 11 is 1.47. The second kappa shape index (κ2) is 5.55. The molecule has 0 saturated carbocycles. The molecule has 0 spiro atoms. The Labute approximate surface area is 116 Å². The molecule has 2 heterocycles. The number of hydrogen-bond donors (Lipinski definition) is 0. The zero-order valence-electron chi connectivity index (χ0n) is 10.5.